The van der Waals surface area contributed by atoms with E-state index < -0.39 is 6.04 Å². The Hall–Kier alpha value is -2.67. The summed E-state index contributed by atoms with van der Waals surface area (Å²) in [6.07, 6.45) is 6.49. The first-order chi connectivity index (χ1) is 14.5. The molecule has 30 heavy (non-hydrogen) atoms. The summed E-state index contributed by atoms with van der Waals surface area (Å²) in [5, 5.41) is 8.97. The Kier molecular flexibility index (Phi) is 5.90. The first kappa shape index (κ1) is 20.6. The van der Waals surface area contributed by atoms with Crippen molar-refractivity contribution < 1.29 is 4.79 Å². The molecule has 4 rings (SSSR count). The molecule has 0 saturated carbocycles. The van der Waals surface area contributed by atoms with Crippen LogP contribution in [0.2, 0.25) is 0 Å². The maximum Gasteiger partial charge on any atom is 0.291 e. The van der Waals surface area contributed by atoms with Gasteiger partial charge >= 0.3 is 0 Å². The number of aryl methyl sites for hydroxylation is 1. The summed E-state index contributed by atoms with van der Waals surface area (Å²) in [5.74, 6) is -0.0665. The lowest BCUT2D eigenvalue weighted by molar-refractivity contribution is -0.123. The molecule has 1 saturated heterocycles. The topological polar surface area (TPSA) is 72.2 Å². The molecule has 1 aromatic carbocycles. The van der Waals surface area contributed by atoms with Crippen molar-refractivity contribution in [2.45, 2.75) is 51.6 Å². The lowest BCUT2D eigenvalue weighted by Crippen LogP contribution is -2.39. The number of piperidine rings is 1. The van der Waals surface area contributed by atoms with Crippen LogP contribution < -0.4 is 10.9 Å². The second-order valence-corrected chi connectivity index (χ2v) is 8.42. The number of nitrogens with one attached hydrogen (secondary N) is 1. The molecule has 2 aromatic heterocycles. The van der Waals surface area contributed by atoms with E-state index >= 15 is 0 Å². The Bertz CT molecular complexity index is 1120. The fourth-order valence-electron chi connectivity index (χ4n) is 4.64. The molecule has 7 heteroatoms. The molecule has 2 unspecified atom stereocenters. The van der Waals surface area contributed by atoms with E-state index in [1.807, 2.05) is 35.8 Å². The van der Waals surface area contributed by atoms with Crippen molar-refractivity contribution in [1.82, 2.24) is 24.6 Å². The van der Waals surface area contributed by atoms with Crippen molar-refractivity contribution in [3.05, 3.63) is 40.8 Å². The van der Waals surface area contributed by atoms with E-state index in [1.165, 1.54) is 23.9 Å². The van der Waals surface area contributed by atoms with Gasteiger partial charge in [-0.05, 0) is 45.7 Å². The van der Waals surface area contributed by atoms with Gasteiger partial charge in [-0.3, -0.25) is 9.59 Å². The molecule has 0 bridgehead atoms. The van der Waals surface area contributed by atoms with E-state index in [4.69, 9.17) is 0 Å². The lowest BCUT2D eigenvalue weighted by atomic mass is 10.0. The van der Waals surface area contributed by atoms with E-state index in [2.05, 4.69) is 22.2 Å². The molecule has 3 heterocycles. The minimum Gasteiger partial charge on any atom is -0.354 e. The average molecular weight is 410 g/mol. The van der Waals surface area contributed by atoms with Gasteiger partial charge in [-0.1, -0.05) is 24.6 Å². The van der Waals surface area contributed by atoms with Crippen LogP contribution in [0.15, 0.2) is 35.3 Å². The lowest BCUT2D eigenvalue weighted by Gasteiger charge is -2.33. The number of benzene rings is 1. The van der Waals surface area contributed by atoms with Gasteiger partial charge in [0.2, 0.25) is 5.91 Å². The minimum atomic E-state index is -0.489. The molecule has 0 radical (unpaired) electrons. The van der Waals surface area contributed by atoms with Gasteiger partial charge in [-0.15, -0.1) is 0 Å². The van der Waals surface area contributed by atoms with Gasteiger partial charge in [-0.2, -0.15) is 5.10 Å². The largest absolute Gasteiger partial charge is 0.354 e. The number of hydrogen-bond acceptors (Lipinski definition) is 4. The predicted molar refractivity (Wildman–Crippen MR) is 120 cm³/mol. The summed E-state index contributed by atoms with van der Waals surface area (Å²) < 4.78 is 3.18. The number of amides is 1. The second-order valence-electron chi connectivity index (χ2n) is 8.42. The Labute approximate surface area is 176 Å². The normalized spacial score (nSPS) is 18.7. The van der Waals surface area contributed by atoms with Crippen LogP contribution in [0.5, 0.6) is 0 Å². The highest BCUT2D eigenvalue weighted by molar-refractivity contribution is 6.08. The molecular weight excluding hydrogens is 378 g/mol. The predicted octanol–water partition coefficient (Wildman–Crippen LogP) is 2.83. The van der Waals surface area contributed by atoms with Crippen LogP contribution in [0.3, 0.4) is 0 Å². The summed E-state index contributed by atoms with van der Waals surface area (Å²) >= 11 is 0. The van der Waals surface area contributed by atoms with Crippen molar-refractivity contribution >= 4 is 27.7 Å². The molecule has 2 atom stereocenters. The zero-order valence-electron chi connectivity index (χ0n) is 18.1. The molecule has 1 amide bonds. The third-order valence-corrected chi connectivity index (χ3v) is 6.43. The van der Waals surface area contributed by atoms with Gasteiger partial charge in [0, 0.05) is 37.0 Å². The fourth-order valence-corrected chi connectivity index (χ4v) is 4.64. The molecule has 1 N–H and O–H groups in total. The van der Waals surface area contributed by atoms with Gasteiger partial charge in [0.25, 0.3) is 5.56 Å². The molecule has 1 aliphatic rings. The Balaban J connectivity index is 1.52. The van der Waals surface area contributed by atoms with E-state index in [9.17, 15) is 9.59 Å². The molecule has 0 spiro atoms. The SMILES string of the molecule is CC1CCCCN1CCCNC(=O)C(C)n1c2ccccc2c2cnn(C)c(=O)c21. The van der Waals surface area contributed by atoms with Crippen molar-refractivity contribution in [1.29, 1.82) is 0 Å². The van der Waals surface area contributed by atoms with Crippen molar-refractivity contribution in [3.8, 4) is 0 Å². The van der Waals surface area contributed by atoms with Crippen LogP contribution in [-0.4, -0.2) is 50.8 Å². The molecule has 1 fully saturated rings. The highest BCUT2D eigenvalue weighted by Gasteiger charge is 2.23. The number of hydrogen-bond donors (Lipinski definition) is 1. The van der Waals surface area contributed by atoms with E-state index in [0.29, 0.717) is 18.1 Å². The highest BCUT2D eigenvalue weighted by Crippen LogP contribution is 2.29. The number of carbonyl (C=O) groups excluding carboxylic acids is 1. The van der Waals surface area contributed by atoms with Crippen LogP contribution in [0, 0.1) is 0 Å². The van der Waals surface area contributed by atoms with E-state index in [0.717, 1.165) is 35.8 Å². The summed E-state index contributed by atoms with van der Waals surface area (Å²) in [4.78, 5) is 28.3. The number of rotatable bonds is 6. The number of nitrogens with zero attached hydrogens (tertiary/aromatic N) is 4. The van der Waals surface area contributed by atoms with Gasteiger partial charge < -0.3 is 14.8 Å². The average Bonchev–Trinajstić information content (AvgIpc) is 3.09. The number of para-hydroxylation sites is 1. The quantitative estimate of drug-likeness (QED) is 0.636. The first-order valence-electron chi connectivity index (χ1n) is 11.0. The molecule has 0 aliphatic carbocycles. The van der Waals surface area contributed by atoms with Crippen LogP contribution >= 0.6 is 0 Å². The first-order valence-corrected chi connectivity index (χ1v) is 11.0. The third kappa shape index (κ3) is 3.74. The Morgan fingerprint density at radius 2 is 2.07 bits per heavy atom. The maximum absolute atomic E-state index is 13.0. The number of fused-ring (bicyclic) bond motifs is 3. The van der Waals surface area contributed by atoms with Crippen molar-refractivity contribution in [2.75, 3.05) is 19.6 Å². The number of likely N-dealkylation sites (tertiary alicyclic amines) is 1. The minimum absolute atomic E-state index is 0.0665. The summed E-state index contributed by atoms with van der Waals surface area (Å²) in [5.41, 5.74) is 1.21. The molecular formula is C23H31N5O2. The second kappa shape index (κ2) is 8.60. The van der Waals surface area contributed by atoms with Crippen LogP contribution in [-0.2, 0) is 11.8 Å². The zero-order valence-corrected chi connectivity index (χ0v) is 18.1. The van der Waals surface area contributed by atoms with E-state index in [1.54, 1.807) is 13.2 Å². The summed E-state index contributed by atoms with van der Waals surface area (Å²) in [7, 11) is 1.64. The highest BCUT2D eigenvalue weighted by atomic mass is 16.2. The maximum atomic E-state index is 13.0. The number of aromatic nitrogens is 3. The standard InChI is InChI=1S/C23H31N5O2/c1-16-9-6-7-13-27(16)14-8-12-24-22(29)17(2)28-20-11-5-4-10-18(20)19-15-25-26(3)23(30)21(19)28/h4-5,10-11,15-17H,6-9,12-14H2,1-3H3,(H,24,29). The van der Waals surface area contributed by atoms with Gasteiger partial charge in [0.15, 0.2) is 0 Å². The zero-order chi connectivity index (χ0) is 21.3. The van der Waals surface area contributed by atoms with Crippen molar-refractivity contribution in [2.24, 2.45) is 7.05 Å². The third-order valence-electron chi connectivity index (χ3n) is 6.43. The van der Waals surface area contributed by atoms with Crippen LogP contribution in [0.25, 0.3) is 21.8 Å². The Morgan fingerprint density at radius 1 is 1.27 bits per heavy atom. The number of carbonyl (C=O) groups is 1. The monoisotopic (exact) mass is 409 g/mol. The molecule has 1 aliphatic heterocycles. The van der Waals surface area contributed by atoms with Crippen molar-refractivity contribution in [3.63, 3.8) is 0 Å². The molecule has 7 nitrogen and oxygen atoms in total. The van der Waals surface area contributed by atoms with E-state index in [-0.39, 0.29) is 11.5 Å². The molecule has 3 aromatic rings. The summed E-state index contributed by atoms with van der Waals surface area (Å²) in [6, 6.07) is 7.94. The van der Waals surface area contributed by atoms with Crippen LogP contribution in [0.4, 0.5) is 0 Å². The smallest absolute Gasteiger partial charge is 0.291 e. The Morgan fingerprint density at radius 3 is 2.87 bits per heavy atom. The van der Waals surface area contributed by atoms with Gasteiger partial charge in [0.1, 0.15) is 11.6 Å². The van der Waals surface area contributed by atoms with Crippen LogP contribution in [0.1, 0.15) is 45.6 Å². The van der Waals surface area contributed by atoms with Gasteiger partial charge in [-0.25, -0.2) is 4.68 Å². The fraction of sp³-hybridized carbons (Fsp3) is 0.522. The van der Waals surface area contributed by atoms with Gasteiger partial charge in [0.05, 0.1) is 11.7 Å². The summed E-state index contributed by atoms with van der Waals surface area (Å²) in [6.45, 7) is 6.95. The molecule has 160 valence electrons.